The number of hydrogen-bond acceptors (Lipinski definition) is 5. The summed E-state index contributed by atoms with van der Waals surface area (Å²) >= 11 is 12.3. The number of anilines is 1. The number of amides is 1. The molecule has 0 radical (unpaired) electrons. The van der Waals surface area contributed by atoms with E-state index in [4.69, 9.17) is 28.0 Å². The molecule has 0 aliphatic carbocycles. The van der Waals surface area contributed by atoms with Gasteiger partial charge in [-0.3, -0.25) is 13.9 Å². The molecule has 0 unspecified atom stereocenters. The largest absolute Gasteiger partial charge is 0.303 e. The Morgan fingerprint density at radius 1 is 1.14 bits per heavy atom. The number of nitrogens with zero attached hydrogens (tertiary/aromatic N) is 3. The maximum absolute atomic E-state index is 13.1. The van der Waals surface area contributed by atoms with Crippen molar-refractivity contribution in [3.63, 3.8) is 0 Å². The molecule has 0 aromatic heterocycles. The molecule has 2 aromatic rings. The van der Waals surface area contributed by atoms with E-state index in [1.807, 2.05) is 24.3 Å². The van der Waals surface area contributed by atoms with Crippen molar-refractivity contribution < 1.29 is 18.0 Å². The number of hydrogen-bond donors (Lipinski definition) is 0. The Bertz CT molecular complexity index is 1200. The Balaban J connectivity index is 1.47. The molecule has 35 heavy (non-hydrogen) atoms. The van der Waals surface area contributed by atoms with Crippen LogP contribution in [0.4, 0.5) is 5.69 Å². The molecule has 1 amide bonds. The molecule has 2 aliphatic rings. The summed E-state index contributed by atoms with van der Waals surface area (Å²) < 4.78 is 26.4. The lowest BCUT2D eigenvalue weighted by Gasteiger charge is -2.40. The molecule has 1 spiro atoms. The Morgan fingerprint density at radius 2 is 1.83 bits per heavy atom. The smallest absolute Gasteiger partial charge is 0.253 e. The second kappa shape index (κ2) is 10.3. The van der Waals surface area contributed by atoms with Gasteiger partial charge in [0, 0.05) is 19.0 Å². The first kappa shape index (κ1) is 26.2. The number of para-hydroxylation sites is 1. The first-order chi connectivity index (χ1) is 16.6. The van der Waals surface area contributed by atoms with E-state index in [0.29, 0.717) is 23.0 Å². The van der Waals surface area contributed by atoms with Crippen LogP contribution in [0.5, 0.6) is 0 Å². The van der Waals surface area contributed by atoms with E-state index in [9.17, 15) is 13.2 Å². The fraction of sp³-hybridized carbons (Fsp3) is 0.480. The number of carbonyl (C=O) groups excluding carboxylic acids is 1. The first-order valence-corrected chi connectivity index (χ1v) is 14.2. The van der Waals surface area contributed by atoms with Crippen LogP contribution in [0.1, 0.15) is 36.3 Å². The molecule has 1 atom stereocenters. The molecule has 10 heteroatoms. The normalized spacial score (nSPS) is 18.5. The first-order valence-electron chi connectivity index (χ1n) is 11.6. The third-order valence-electron chi connectivity index (χ3n) is 7.37. The van der Waals surface area contributed by atoms with E-state index in [0.717, 1.165) is 49.3 Å². The molecule has 2 aliphatic heterocycles. The van der Waals surface area contributed by atoms with Crippen molar-refractivity contribution >= 4 is 44.8 Å². The average Bonchev–Trinajstić information content (AvgIpc) is 3.16. The molecule has 0 bridgehead atoms. The molecule has 2 heterocycles. The van der Waals surface area contributed by atoms with Crippen molar-refractivity contribution in [1.29, 1.82) is 0 Å². The molecule has 2 aromatic carbocycles. The van der Waals surface area contributed by atoms with Gasteiger partial charge in [0.25, 0.3) is 5.91 Å². The molecule has 190 valence electrons. The standard InChI is InChI=1S/C25H31Cl2N3O4S/c1-28(34-2)24(31)19(18-8-9-21(26)22(27)16-18)10-13-29-14-11-25(12-15-29)17-30(35(3,32)33)23-7-5-4-6-20(23)25/h4-9,16,19H,10-15,17H2,1-3H3/t19-/m0/s1. The van der Waals surface area contributed by atoms with Gasteiger partial charge in [-0.05, 0) is 68.2 Å². The molecule has 7 nitrogen and oxygen atoms in total. The molecule has 0 N–H and O–H groups in total. The van der Waals surface area contributed by atoms with Gasteiger partial charge in [-0.2, -0.15) is 0 Å². The zero-order chi connectivity index (χ0) is 25.4. The number of hydroxylamine groups is 2. The number of fused-ring (bicyclic) bond motifs is 2. The predicted octanol–water partition coefficient (Wildman–Crippen LogP) is 4.30. The van der Waals surface area contributed by atoms with Crippen LogP contribution >= 0.6 is 23.2 Å². The monoisotopic (exact) mass is 539 g/mol. The van der Waals surface area contributed by atoms with Crippen LogP contribution in [0.3, 0.4) is 0 Å². The number of halogens is 2. The highest BCUT2D eigenvalue weighted by atomic mass is 35.5. The minimum atomic E-state index is -3.34. The van der Waals surface area contributed by atoms with Crippen LogP contribution in [-0.4, -0.2) is 70.9 Å². The topological polar surface area (TPSA) is 70.2 Å². The maximum Gasteiger partial charge on any atom is 0.253 e. The number of benzene rings is 2. The number of carbonyl (C=O) groups is 1. The van der Waals surface area contributed by atoms with Crippen molar-refractivity contribution in [2.75, 3.05) is 50.9 Å². The third-order valence-corrected chi connectivity index (χ3v) is 9.23. The van der Waals surface area contributed by atoms with Gasteiger partial charge in [-0.15, -0.1) is 0 Å². The van der Waals surface area contributed by atoms with Crippen LogP contribution < -0.4 is 4.31 Å². The zero-order valence-corrected chi connectivity index (χ0v) is 22.5. The van der Waals surface area contributed by atoms with Gasteiger partial charge >= 0.3 is 0 Å². The average molecular weight is 541 g/mol. The van der Waals surface area contributed by atoms with E-state index >= 15 is 0 Å². The summed E-state index contributed by atoms with van der Waals surface area (Å²) in [6.45, 7) is 2.87. The number of sulfonamides is 1. The van der Waals surface area contributed by atoms with Crippen LogP contribution in [0.15, 0.2) is 42.5 Å². The van der Waals surface area contributed by atoms with E-state index < -0.39 is 15.9 Å². The second-order valence-electron chi connectivity index (χ2n) is 9.44. The number of likely N-dealkylation sites (N-methyl/N-ethyl adjacent to an activating group) is 1. The van der Waals surface area contributed by atoms with E-state index in [1.165, 1.54) is 18.4 Å². The Labute approximate surface area is 217 Å². The Morgan fingerprint density at radius 3 is 2.46 bits per heavy atom. The van der Waals surface area contributed by atoms with Gasteiger partial charge in [0.2, 0.25) is 10.0 Å². The fourth-order valence-electron chi connectivity index (χ4n) is 5.30. The van der Waals surface area contributed by atoms with Crippen LogP contribution in [-0.2, 0) is 25.1 Å². The number of likely N-dealkylation sites (tertiary alicyclic amines) is 1. The van der Waals surface area contributed by atoms with Gasteiger partial charge in [0.05, 0.1) is 35.0 Å². The van der Waals surface area contributed by atoms with Crippen molar-refractivity contribution in [2.24, 2.45) is 0 Å². The highest BCUT2D eigenvalue weighted by molar-refractivity contribution is 7.92. The molecule has 0 saturated carbocycles. The number of piperidine rings is 1. The van der Waals surface area contributed by atoms with Crippen molar-refractivity contribution in [3.05, 3.63) is 63.6 Å². The van der Waals surface area contributed by atoms with Crippen LogP contribution in [0, 0.1) is 0 Å². The van der Waals surface area contributed by atoms with E-state index in [1.54, 1.807) is 23.5 Å². The Hall–Kier alpha value is -1.84. The summed E-state index contributed by atoms with van der Waals surface area (Å²) in [4.78, 5) is 20.6. The third kappa shape index (κ3) is 5.32. The summed E-state index contributed by atoms with van der Waals surface area (Å²) in [6.07, 6.45) is 3.59. The van der Waals surface area contributed by atoms with Crippen molar-refractivity contribution in [3.8, 4) is 0 Å². The van der Waals surface area contributed by atoms with Crippen LogP contribution in [0.25, 0.3) is 0 Å². The molecule has 1 saturated heterocycles. The lowest BCUT2D eigenvalue weighted by Crippen LogP contribution is -2.46. The molecule has 4 rings (SSSR count). The van der Waals surface area contributed by atoms with E-state index in [2.05, 4.69) is 11.0 Å². The van der Waals surface area contributed by atoms with Gasteiger partial charge < -0.3 is 4.90 Å². The summed E-state index contributed by atoms with van der Waals surface area (Å²) in [6, 6.07) is 13.1. The SMILES string of the molecule is CON(C)C(=O)[C@@H](CCN1CCC2(CC1)CN(S(C)(=O)=O)c1ccccc12)c1ccc(Cl)c(Cl)c1. The fourth-order valence-corrected chi connectivity index (χ4v) is 6.60. The summed E-state index contributed by atoms with van der Waals surface area (Å²) in [7, 11) is -0.273. The summed E-state index contributed by atoms with van der Waals surface area (Å²) in [5, 5.41) is 2.11. The van der Waals surface area contributed by atoms with Crippen molar-refractivity contribution in [1.82, 2.24) is 9.96 Å². The number of rotatable bonds is 7. The highest BCUT2D eigenvalue weighted by Crippen LogP contribution is 2.47. The van der Waals surface area contributed by atoms with Gasteiger partial charge in [0.1, 0.15) is 0 Å². The highest BCUT2D eigenvalue weighted by Gasteiger charge is 2.46. The molecule has 1 fully saturated rings. The molecular formula is C25H31Cl2N3O4S. The predicted molar refractivity (Wildman–Crippen MR) is 140 cm³/mol. The quantitative estimate of drug-likeness (QED) is 0.490. The van der Waals surface area contributed by atoms with Gasteiger partial charge in [-0.1, -0.05) is 47.5 Å². The lowest BCUT2D eigenvalue weighted by atomic mass is 9.74. The zero-order valence-electron chi connectivity index (χ0n) is 20.2. The van der Waals surface area contributed by atoms with Gasteiger partial charge in [-0.25, -0.2) is 13.5 Å². The minimum Gasteiger partial charge on any atom is -0.303 e. The van der Waals surface area contributed by atoms with Gasteiger partial charge in [0.15, 0.2) is 0 Å². The maximum atomic E-state index is 13.1. The van der Waals surface area contributed by atoms with E-state index in [-0.39, 0.29) is 11.3 Å². The molecular weight excluding hydrogens is 509 g/mol. The Kier molecular flexibility index (Phi) is 7.69. The lowest BCUT2D eigenvalue weighted by molar-refractivity contribution is -0.170. The second-order valence-corrected chi connectivity index (χ2v) is 12.2. The van der Waals surface area contributed by atoms with Crippen molar-refractivity contribution in [2.45, 2.75) is 30.6 Å². The summed E-state index contributed by atoms with van der Waals surface area (Å²) in [5.41, 5.74) is 2.55. The summed E-state index contributed by atoms with van der Waals surface area (Å²) in [5.74, 6) is -0.564. The minimum absolute atomic E-state index is 0.145. The van der Waals surface area contributed by atoms with Crippen LogP contribution in [0.2, 0.25) is 10.0 Å².